The molecule has 0 aliphatic carbocycles. The SMILES string of the molecule is CC[C@H]1OC(=O)[C@H](C)[C@@H](O[C@H]2C[C@@](C)(OC)[C@@H](O)[C@H](C)O2)[C@H](C)[C@@H](O[C@@H]2O[C@H](C)C[C@H](N(C)C)[C@H]2O)[C@](C)(OC)C[C@@H](C)C(=O)[C@H](C)[C@@H](O)[C@]1(C)O.CO[C@H]1/C=C/O[C@@]2(C)Oc3c(C)c(O)c4c(O)c(c5c(c4c3C2=O)=NC2(CCN(CC(C)C)CC2)N=5)NC(=O)/C(C)=C\C=C\[C@H](C)[C@H](O)[C@@H](C)[C@@H](O)[C@@H](C)[C@H](OC(C)=O)[C@@H]1C. The maximum absolute atomic E-state index is 14.7. The number of aliphatic hydroxyl groups is 6. The van der Waals surface area contributed by atoms with Gasteiger partial charge in [0.25, 0.3) is 11.7 Å². The Balaban J connectivity index is 0.000000287. The number of phenols is 2. The van der Waals surface area contributed by atoms with Crippen LogP contribution in [0.25, 0.3) is 10.8 Å². The molecule has 7 heterocycles. The van der Waals surface area contributed by atoms with Gasteiger partial charge in [-0.1, -0.05) is 87.5 Å². The predicted octanol–water partition coefficient (Wildman–Crippen LogP) is 7.19. The van der Waals surface area contributed by atoms with Crippen LogP contribution in [0.3, 0.4) is 0 Å². The molecule has 0 aromatic heterocycles. The fourth-order valence-corrected chi connectivity index (χ4v) is 17.8. The number of cyclic esters (lactones) is 1. The van der Waals surface area contributed by atoms with E-state index in [1.165, 1.54) is 48.4 Å². The molecular weight excluding hydrogens is 1460 g/mol. The number of hydrogen-bond donors (Lipinski definition) is 9. The van der Waals surface area contributed by atoms with Gasteiger partial charge < -0.3 is 108 Å². The number of carbonyl (C=O) groups is 5. The van der Waals surface area contributed by atoms with Gasteiger partial charge in [0.1, 0.15) is 58.3 Å². The van der Waals surface area contributed by atoms with Gasteiger partial charge in [-0.2, -0.15) is 0 Å². The van der Waals surface area contributed by atoms with Crippen LogP contribution in [0.1, 0.15) is 186 Å². The number of piperidine rings is 1. The molecule has 0 saturated carbocycles. The molecule has 4 bridgehead atoms. The maximum Gasteiger partial charge on any atom is 0.312 e. The number of likely N-dealkylation sites (tertiary alicyclic amines) is 1. The number of esters is 2. The van der Waals surface area contributed by atoms with E-state index in [1.807, 2.05) is 32.8 Å². The smallest absolute Gasteiger partial charge is 0.312 e. The van der Waals surface area contributed by atoms with E-state index < -0.39 is 185 Å². The zero-order valence-corrected chi connectivity index (χ0v) is 71.0. The van der Waals surface area contributed by atoms with E-state index in [0.717, 1.165) is 6.54 Å². The number of ether oxygens (including phenoxy) is 11. The van der Waals surface area contributed by atoms with Gasteiger partial charge in [-0.3, -0.25) is 34.0 Å². The van der Waals surface area contributed by atoms with Crippen molar-refractivity contribution in [2.75, 3.05) is 60.4 Å². The van der Waals surface area contributed by atoms with Crippen molar-refractivity contribution >= 4 is 45.9 Å². The van der Waals surface area contributed by atoms with Gasteiger partial charge in [-0.05, 0) is 101 Å². The van der Waals surface area contributed by atoms with Crippen molar-refractivity contribution in [1.29, 1.82) is 0 Å². The van der Waals surface area contributed by atoms with E-state index in [-0.39, 0.29) is 92.6 Å². The number of Topliss-reactive ketones (excluding diaryl/α,β-unsaturated/α-hetero) is 2. The van der Waals surface area contributed by atoms with E-state index in [4.69, 9.17) is 62.1 Å². The average Bonchev–Trinajstić information content (AvgIpc) is 1.55. The number of benzene rings is 2. The zero-order chi connectivity index (χ0) is 84.5. The summed E-state index contributed by atoms with van der Waals surface area (Å²) >= 11 is 0. The molecule has 1 spiro atoms. The van der Waals surface area contributed by atoms with Crippen molar-refractivity contribution in [2.45, 2.75) is 297 Å². The number of hydrogen-bond acceptors (Lipinski definition) is 28. The summed E-state index contributed by atoms with van der Waals surface area (Å²) in [4.78, 5) is 83.7. The second-order valence-corrected chi connectivity index (χ2v) is 34.6. The molecule has 0 radical (unpaired) electrons. The van der Waals surface area contributed by atoms with E-state index >= 15 is 0 Å². The number of methoxy groups -OCH3 is 3. The minimum atomic E-state index is -1.96. The van der Waals surface area contributed by atoms with E-state index in [0.29, 0.717) is 38.3 Å². The Morgan fingerprint density at radius 1 is 0.752 bits per heavy atom. The van der Waals surface area contributed by atoms with E-state index in [1.54, 1.807) is 114 Å². The maximum atomic E-state index is 14.7. The fraction of sp³-hybridized carbons (Fsp3) is 0.750. The molecule has 636 valence electrons. The zero-order valence-electron chi connectivity index (χ0n) is 71.0. The summed E-state index contributed by atoms with van der Waals surface area (Å²) < 4.78 is 67.9. The quantitative estimate of drug-likeness (QED) is 0.0749. The lowest BCUT2D eigenvalue weighted by molar-refractivity contribution is -0.319. The highest BCUT2D eigenvalue weighted by molar-refractivity contribution is 6.19. The fourth-order valence-electron chi connectivity index (χ4n) is 17.8. The van der Waals surface area contributed by atoms with Crippen LogP contribution in [-0.2, 0) is 66.5 Å². The highest BCUT2D eigenvalue weighted by Gasteiger charge is 2.56. The summed E-state index contributed by atoms with van der Waals surface area (Å²) in [6.07, 6.45) is -3.69. The monoisotopic (exact) mass is 1590 g/mol. The number of anilines is 1. The number of allylic oxidation sites excluding steroid dienone is 2. The highest BCUT2D eigenvalue weighted by Crippen LogP contribution is 2.51. The van der Waals surface area contributed by atoms with Crippen molar-refractivity contribution in [3.05, 3.63) is 58.0 Å². The van der Waals surface area contributed by atoms with Crippen LogP contribution in [0.4, 0.5) is 5.69 Å². The largest absolute Gasteiger partial charge is 0.507 e. The average molecular weight is 1590 g/mol. The molecule has 113 heavy (non-hydrogen) atoms. The Labute approximate surface area is 665 Å². The van der Waals surface area contributed by atoms with Gasteiger partial charge in [-0.25, -0.2) is 0 Å². The molecule has 7 aliphatic heterocycles. The lowest BCUT2D eigenvalue weighted by atomic mass is 9.74. The number of nitrogens with one attached hydrogen (secondary N) is 1. The second kappa shape index (κ2) is 36.8. The first-order valence-electron chi connectivity index (χ1n) is 40.1. The molecule has 4 fully saturated rings. The minimum absolute atomic E-state index is 0.0364. The van der Waals surface area contributed by atoms with E-state index in [2.05, 4.69) is 24.1 Å². The molecule has 2 aromatic rings. The minimum Gasteiger partial charge on any atom is -0.507 e. The van der Waals surface area contributed by atoms with Gasteiger partial charge in [0.05, 0.1) is 88.5 Å². The van der Waals surface area contributed by atoms with Crippen LogP contribution < -0.4 is 20.8 Å². The summed E-state index contributed by atoms with van der Waals surface area (Å²) in [5.74, 6) is -10.9. The Bertz CT molecular complexity index is 3950. The number of fused-ring (bicyclic) bond motifs is 1. The summed E-state index contributed by atoms with van der Waals surface area (Å²) in [5.41, 5.74) is -4.82. The molecule has 1 amide bonds. The van der Waals surface area contributed by atoms with E-state index in [9.17, 15) is 64.8 Å². The number of nitrogens with zero attached hydrogens (tertiary/aromatic N) is 4. The normalized spacial score (nSPS) is 40.2. The molecule has 9 rings (SSSR count). The van der Waals surface area contributed by atoms with Gasteiger partial charge in [0, 0.05) is 138 Å². The second-order valence-electron chi connectivity index (χ2n) is 34.6. The van der Waals surface area contributed by atoms with Crippen LogP contribution in [0.15, 0.2) is 46.1 Å². The Hall–Kier alpha value is -6.13. The number of aromatic hydroxyl groups is 2. The van der Waals surface area contributed by atoms with Gasteiger partial charge in [0.2, 0.25) is 0 Å². The molecule has 7 aliphatic rings. The summed E-state index contributed by atoms with van der Waals surface area (Å²) in [5, 5.41) is 95.7. The van der Waals surface area contributed by atoms with Gasteiger partial charge in [0.15, 0.2) is 24.0 Å². The summed E-state index contributed by atoms with van der Waals surface area (Å²) in [7, 11) is 8.23. The third kappa shape index (κ3) is 19.2. The Morgan fingerprint density at radius 2 is 1.38 bits per heavy atom. The molecule has 9 N–H and O–H groups in total. The molecule has 29 heteroatoms. The number of aliphatic hydroxyl groups excluding tert-OH is 5. The molecule has 29 nitrogen and oxygen atoms in total. The first-order valence-corrected chi connectivity index (χ1v) is 40.1. The van der Waals surface area contributed by atoms with Crippen LogP contribution in [0, 0.1) is 60.2 Å². The molecule has 4 saturated heterocycles. The summed E-state index contributed by atoms with van der Waals surface area (Å²) in [6, 6.07) is -0.283. The first kappa shape index (κ1) is 92.4. The number of phenolic OH excluding ortho intramolecular Hbond substituents is 2. The van der Waals surface area contributed by atoms with Crippen molar-refractivity contribution in [1.82, 2.24) is 9.80 Å². The Morgan fingerprint density at radius 3 is 1.96 bits per heavy atom. The number of amides is 1. The molecular formula is C84H131N5O24. The molecule has 27 atom stereocenters. The van der Waals surface area contributed by atoms with Crippen molar-refractivity contribution < 1.29 is 117 Å². The molecule has 2 aromatic carbocycles. The lowest BCUT2D eigenvalue weighted by Gasteiger charge is -2.50. The van der Waals surface area contributed by atoms with Crippen LogP contribution in [0.2, 0.25) is 0 Å². The van der Waals surface area contributed by atoms with Crippen molar-refractivity contribution in [2.24, 2.45) is 63.2 Å². The third-order valence-corrected chi connectivity index (χ3v) is 25.2. The van der Waals surface area contributed by atoms with Gasteiger partial charge in [-0.15, -0.1) is 0 Å². The first-order chi connectivity index (χ1) is 52.6. The lowest BCUT2D eigenvalue weighted by Crippen LogP contribution is -2.61. The van der Waals surface area contributed by atoms with Crippen LogP contribution in [0.5, 0.6) is 17.2 Å². The number of carbonyl (C=O) groups excluding carboxylic acids is 5. The predicted molar refractivity (Wildman–Crippen MR) is 419 cm³/mol. The van der Waals surface area contributed by atoms with Crippen LogP contribution in [-0.4, -0.2) is 255 Å². The number of ketones is 2. The van der Waals surface area contributed by atoms with Crippen molar-refractivity contribution in [3.8, 4) is 17.2 Å². The third-order valence-electron chi connectivity index (χ3n) is 25.2. The Kier molecular flexibility index (Phi) is 30.1. The number of likely N-dealkylation sites (N-methyl/N-ethyl adjacent to an activating group) is 1. The standard InChI is InChI=1S/C46H62N4O11.C38H69NO13/c1-22(2)21-50-18-16-46(17-19-50)48-34-31-32-39(54)28(8)42-33(31)43(56)45(10,61-42)59-20-15-30(58-11)25(5)41(60-29(9)51)27(7)38(53)26(6)37(52)23(3)13-12-14-24(4)44(57)47-36(40(32)55)35(34)49-46;1-15-26-38(10,45)31(42)21(4)28(40)19(2)17-37(9,47-14)33(52-35-29(41)25(39(11)12)16-20(3)48-35)22(5)30(23(6)34(44)50-26)51-27-18-36(8,46-13)32(43)24(7)49-27/h12-15,20,22-23,25-27,30,37-38,41,52-55H,16-19,21H2,1-11H3,(H,47,57);19-27,29-33,35,41-43,45H,15-18H2,1-14H3/b13-12+,20-15+,24-14-;/t23-,25+,26+,27+,30-,37-,38+,41+,45-;19-,20-,21+,22+,23-,24+,25+,26-,27+,29-,30+,31-,32+,33-,35+,36-,37-,38-/m01/s1. The van der Waals surface area contributed by atoms with Crippen molar-refractivity contribution in [3.63, 3.8) is 0 Å². The van der Waals surface area contributed by atoms with Crippen LogP contribution >= 0.6 is 0 Å². The highest BCUT2D eigenvalue weighted by atomic mass is 16.7. The number of rotatable bonds is 12. The topological polar surface area (TPSA) is 392 Å². The summed E-state index contributed by atoms with van der Waals surface area (Å²) in [6.45, 7) is 36.6. The molecule has 0 unspecified atom stereocenters. The van der Waals surface area contributed by atoms with Gasteiger partial charge >= 0.3 is 17.7 Å².